The fourth-order valence-corrected chi connectivity index (χ4v) is 4.65. The van der Waals surface area contributed by atoms with Crippen LogP contribution >= 0.6 is 0 Å². The Balaban J connectivity index is 1.52. The second kappa shape index (κ2) is 9.81. The second-order valence-corrected chi connectivity index (χ2v) is 8.73. The molecule has 3 heterocycles. The summed E-state index contributed by atoms with van der Waals surface area (Å²) in [4.78, 5) is 42.0. The summed E-state index contributed by atoms with van der Waals surface area (Å²) in [5.74, 6) is -0.272. The Morgan fingerprint density at radius 1 is 1.05 bits per heavy atom. The Morgan fingerprint density at radius 2 is 1.82 bits per heavy atom. The van der Waals surface area contributed by atoms with Crippen LogP contribution in [0.15, 0.2) is 71.7 Å². The van der Waals surface area contributed by atoms with Crippen molar-refractivity contribution in [3.05, 3.63) is 94.4 Å². The molecule has 10 heteroatoms. The van der Waals surface area contributed by atoms with Gasteiger partial charge < -0.3 is 14.6 Å². The largest absolute Gasteiger partial charge is 0.465 e. The molecule has 1 amide bonds. The van der Waals surface area contributed by atoms with E-state index in [-0.39, 0.29) is 11.4 Å². The van der Waals surface area contributed by atoms with Gasteiger partial charge in [0.1, 0.15) is 5.82 Å². The maximum absolute atomic E-state index is 13.3. The van der Waals surface area contributed by atoms with E-state index < -0.39 is 11.9 Å². The zero-order valence-corrected chi connectivity index (χ0v) is 21.4. The van der Waals surface area contributed by atoms with E-state index in [9.17, 15) is 14.4 Å². The van der Waals surface area contributed by atoms with Crippen LogP contribution in [0.4, 0.5) is 5.69 Å². The highest BCUT2D eigenvalue weighted by Crippen LogP contribution is 2.30. The second-order valence-electron chi connectivity index (χ2n) is 8.73. The fraction of sp³-hybridized carbons (Fsp3) is 0.179. The maximum Gasteiger partial charge on any atom is 0.350 e. The van der Waals surface area contributed by atoms with Crippen molar-refractivity contribution in [2.75, 3.05) is 12.4 Å². The van der Waals surface area contributed by atoms with E-state index in [0.29, 0.717) is 29.1 Å². The third kappa shape index (κ3) is 4.26. The van der Waals surface area contributed by atoms with Gasteiger partial charge in [-0.1, -0.05) is 18.2 Å². The number of fused-ring (bicyclic) bond motifs is 1. The average molecular weight is 511 g/mol. The van der Waals surface area contributed by atoms with Crippen molar-refractivity contribution in [1.29, 1.82) is 0 Å². The number of amides is 1. The van der Waals surface area contributed by atoms with Crippen molar-refractivity contribution in [3.63, 3.8) is 0 Å². The van der Waals surface area contributed by atoms with E-state index in [1.165, 1.54) is 11.8 Å². The van der Waals surface area contributed by atoms with Crippen LogP contribution < -0.4 is 11.0 Å². The van der Waals surface area contributed by atoms with Crippen molar-refractivity contribution in [1.82, 2.24) is 23.9 Å². The van der Waals surface area contributed by atoms with E-state index >= 15 is 0 Å². The first-order valence-electron chi connectivity index (χ1n) is 12.0. The van der Waals surface area contributed by atoms with Crippen LogP contribution in [-0.2, 0) is 18.3 Å². The summed E-state index contributed by atoms with van der Waals surface area (Å²) >= 11 is 0. The monoisotopic (exact) mass is 510 g/mol. The molecule has 0 bridgehead atoms. The first-order chi connectivity index (χ1) is 18.3. The lowest BCUT2D eigenvalue weighted by Gasteiger charge is -2.12. The number of methoxy groups -OCH3 is 1. The number of nitrogens with zero attached hydrogens (tertiary/aromatic N) is 5. The zero-order chi connectivity index (χ0) is 27.0. The van der Waals surface area contributed by atoms with Gasteiger partial charge in [-0.3, -0.25) is 4.79 Å². The predicted molar refractivity (Wildman–Crippen MR) is 144 cm³/mol. The standard InChI is InChI=1S/C28H26N6O4/c1-5-33-23(18-9-11-22(12-10-18)34-17(2)31-32(3)28(34)37)16-19-13-14-29-24(25(19)33)26(35)30-21-8-6-7-20(15-21)27(36)38-4/h6-16H,5H2,1-4H3,(H,30,35). The van der Waals surface area contributed by atoms with E-state index in [1.807, 2.05) is 47.9 Å². The van der Waals surface area contributed by atoms with Gasteiger partial charge in [-0.05, 0) is 61.9 Å². The summed E-state index contributed by atoms with van der Waals surface area (Å²) in [6.45, 7) is 4.39. The highest BCUT2D eigenvalue weighted by Gasteiger charge is 2.19. The molecule has 0 spiro atoms. The Labute approximate surface area is 218 Å². The molecule has 0 atom stereocenters. The van der Waals surface area contributed by atoms with Crippen LogP contribution in [0, 0.1) is 6.92 Å². The average Bonchev–Trinajstić information content (AvgIpc) is 3.43. The van der Waals surface area contributed by atoms with Gasteiger partial charge in [-0.2, -0.15) is 5.10 Å². The van der Waals surface area contributed by atoms with Gasteiger partial charge in [0.25, 0.3) is 5.91 Å². The number of hydrogen-bond acceptors (Lipinski definition) is 6. The molecule has 0 radical (unpaired) electrons. The van der Waals surface area contributed by atoms with Gasteiger partial charge in [0.2, 0.25) is 0 Å². The summed E-state index contributed by atoms with van der Waals surface area (Å²) in [5, 5.41) is 7.91. The number of benzene rings is 2. The van der Waals surface area contributed by atoms with Crippen molar-refractivity contribution < 1.29 is 14.3 Å². The number of esters is 1. The van der Waals surface area contributed by atoms with Crippen molar-refractivity contribution in [2.45, 2.75) is 20.4 Å². The third-order valence-corrected chi connectivity index (χ3v) is 6.39. The highest BCUT2D eigenvalue weighted by molar-refractivity contribution is 6.11. The molecule has 0 unspecified atom stereocenters. The summed E-state index contributed by atoms with van der Waals surface area (Å²) in [6, 6.07) is 18.1. The van der Waals surface area contributed by atoms with Crippen LogP contribution in [-0.4, -0.2) is 42.9 Å². The van der Waals surface area contributed by atoms with Crippen molar-refractivity contribution in [3.8, 4) is 16.9 Å². The molecule has 0 saturated carbocycles. The zero-order valence-electron chi connectivity index (χ0n) is 21.4. The number of rotatable bonds is 6. The molecule has 5 rings (SSSR count). The smallest absolute Gasteiger partial charge is 0.350 e. The molecule has 5 aromatic rings. The molecule has 10 nitrogen and oxygen atoms in total. The third-order valence-electron chi connectivity index (χ3n) is 6.39. The molecule has 0 fully saturated rings. The first kappa shape index (κ1) is 24.7. The maximum atomic E-state index is 13.3. The van der Waals surface area contributed by atoms with E-state index in [4.69, 9.17) is 4.74 Å². The number of ether oxygens (including phenoxy) is 1. The minimum atomic E-state index is -0.486. The minimum absolute atomic E-state index is 0.211. The number of hydrogen-bond donors (Lipinski definition) is 1. The first-order valence-corrected chi connectivity index (χ1v) is 12.0. The van der Waals surface area contributed by atoms with E-state index in [0.717, 1.165) is 22.3 Å². The molecule has 0 aliphatic heterocycles. The summed E-state index contributed by atoms with van der Waals surface area (Å²) in [5.41, 5.74) is 4.13. The highest BCUT2D eigenvalue weighted by atomic mass is 16.5. The normalized spacial score (nSPS) is 11.1. The molecule has 0 aliphatic rings. The minimum Gasteiger partial charge on any atom is -0.465 e. The quantitative estimate of drug-likeness (QED) is 0.346. The Morgan fingerprint density at radius 3 is 2.47 bits per heavy atom. The number of anilines is 1. The van der Waals surface area contributed by atoms with Gasteiger partial charge in [-0.25, -0.2) is 23.8 Å². The van der Waals surface area contributed by atoms with Crippen molar-refractivity contribution >= 4 is 28.5 Å². The van der Waals surface area contributed by atoms with E-state index in [1.54, 1.807) is 49.0 Å². The molecule has 38 heavy (non-hydrogen) atoms. The molecule has 0 aliphatic carbocycles. The van der Waals surface area contributed by atoms with E-state index in [2.05, 4.69) is 15.4 Å². The summed E-state index contributed by atoms with van der Waals surface area (Å²) < 4.78 is 9.68. The molecular weight excluding hydrogens is 484 g/mol. The number of carbonyl (C=O) groups is 2. The number of aromatic nitrogens is 5. The molecular formula is C28H26N6O4. The van der Waals surface area contributed by atoms with Crippen LogP contribution in [0.25, 0.3) is 27.8 Å². The lowest BCUT2D eigenvalue weighted by Crippen LogP contribution is -2.21. The van der Waals surface area contributed by atoms with Gasteiger partial charge >= 0.3 is 11.7 Å². The SMILES string of the molecule is CCn1c(-c2ccc(-n3c(C)nn(C)c3=O)cc2)cc2ccnc(C(=O)Nc3cccc(C(=O)OC)c3)c21. The number of nitrogens with one attached hydrogen (secondary N) is 1. The van der Waals surface area contributed by atoms with Gasteiger partial charge in [-0.15, -0.1) is 0 Å². The fourth-order valence-electron chi connectivity index (χ4n) is 4.65. The number of aryl methyl sites for hydroxylation is 3. The molecule has 2 aromatic carbocycles. The Kier molecular flexibility index (Phi) is 6.38. The summed E-state index contributed by atoms with van der Waals surface area (Å²) in [6.07, 6.45) is 1.60. The summed E-state index contributed by atoms with van der Waals surface area (Å²) in [7, 11) is 2.93. The van der Waals surface area contributed by atoms with Crippen LogP contribution in [0.2, 0.25) is 0 Å². The van der Waals surface area contributed by atoms with Gasteiger partial charge in [0.05, 0.1) is 23.9 Å². The van der Waals surface area contributed by atoms with Gasteiger partial charge in [0.15, 0.2) is 5.69 Å². The van der Waals surface area contributed by atoms with Crippen LogP contribution in [0.5, 0.6) is 0 Å². The topological polar surface area (TPSA) is 113 Å². The van der Waals surface area contributed by atoms with Gasteiger partial charge in [0, 0.05) is 36.6 Å². The Hall–Kier alpha value is -4.99. The lowest BCUT2D eigenvalue weighted by molar-refractivity contribution is 0.0600. The van der Waals surface area contributed by atoms with Crippen LogP contribution in [0.1, 0.15) is 33.6 Å². The molecule has 0 saturated heterocycles. The number of carbonyl (C=O) groups excluding carboxylic acids is 2. The number of pyridine rings is 1. The van der Waals surface area contributed by atoms with Crippen LogP contribution in [0.3, 0.4) is 0 Å². The predicted octanol–water partition coefficient (Wildman–Crippen LogP) is 3.95. The molecule has 1 N–H and O–H groups in total. The lowest BCUT2D eigenvalue weighted by atomic mass is 10.1. The Bertz CT molecular complexity index is 1740. The van der Waals surface area contributed by atoms with Crippen molar-refractivity contribution in [2.24, 2.45) is 7.05 Å². The molecule has 3 aromatic heterocycles. The molecule has 192 valence electrons.